The summed E-state index contributed by atoms with van der Waals surface area (Å²) >= 11 is 0. The van der Waals surface area contributed by atoms with E-state index < -0.39 is 24.3 Å². The third-order valence-corrected chi connectivity index (χ3v) is 5.38. The Hall–Kier alpha value is -5.54. The Bertz CT molecular complexity index is 1740. The van der Waals surface area contributed by atoms with Crippen molar-refractivity contribution in [3.8, 4) is 11.3 Å². The Labute approximate surface area is 235 Å². The number of aromatic amines is 2. The minimum atomic E-state index is -5.19. The molecule has 0 atom stereocenters. The molecule has 3 aromatic heterocycles. The Balaban J connectivity index is 0.000000303. The van der Waals surface area contributed by atoms with Gasteiger partial charge in [-0.3, -0.25) is 4.79 Å². The molecule has 43 heavy (non-hydrogen) atoms. The molecule has 5 rings (SSSR count). The number of aliphatic carboxylic acids is 2. The van der Waals surface area contributed by atoms with E-state index in [9.17, 15) is 35.5 Å². The van der Waals surface area contributed by atoms with Gasteiger partial charge >= 0.3 is 24.1 Å². The lowest BCUT2D eigenvalue weighted by Crippen LogP contribution is -2.37. The minimum Gasteiger partial charge on any atom is -0.542 e. The molecular weight excluding hydrogens is 593 g/mol. The number of nitrogens with one attached hydrogen (secondary N) is 3. The Kier molecular flexibility index (Phi) is 9.64. The van der Waals surface area contributed by atoms with Gasteiger partial charge in [-0.2, -0.15) is 30.7 Å². The van der Waals surface area contributed by atoms with Gasteiger partial charge in [0.1, 0.15) is 17.8 Å². The molecule has 0 saturated heterocycles. The number of pyridine rings is 2. The largest absolute Gasteiger partial charge is 0.542 e. The maximum absolute atomic E-state index is 13.3. The van der Waals surface area contributed by atoms with Crippen LogP contribution in [0, 0.1) is 5.82 Å². The van der Waals surface area contributed by atoms with Gasteiger partial charge in [0.05, 0.1) is 6.20 Å². The number of carbonyl (C=O) groups excluding carboxylic acids is 3. The Morgan fingerprint density at radius 1 is 0.814 bits per heavy atom. The number of aromatic nitrogens is 3. The monoisotopic (exact) mass is 610 g/mol. The normalized spacial score (nSPS) is 11.1. The number of alkyl halides is 6. The number of fused-ring (bicyclic) bond motifs is 2. The molecule has 0 aliphatic rings. The zero-order valence-corrected chi connectivity index (χ0v) is 21.2. The summed E-state index contributed by atoms with van der Waals surface area (Å²) in [5.41, 5.74) is 3.11. The highest BCUT2D eigenvalue weighted by Gasteiger charge is 2.29. The van der Waals surface area contributed by atoms with Gasteiger partial charge < -0.3 is 25.1 Å². The molecule has 0 fully saturated rings. The molecule has 224 valence electrons. The van der Waals surface area contributed by atoms with Crippen LogP contribution in [-0.2, 0) is 9.59 Å². The van der Waals surface area contributed by atoms with Crippen molar-refractivity contribution in [3.05, 3.63) is 97.0 Å². The summed E-state index contributed by atoms with van der Waals surface area (Å²) in [6, 6.07) is 19.5. The van der Waals surface area contributed by atoms with Crippen LogP contribution >= 0.6 is 0 Å². The third-order valence-electron chi connectivity index (χ3n) is 5.38. The van der Waals surface area contributed by atoms with Crippen molar-refractivity contribution in [2.75, 3.05) is 5.32 Å². The van der Waals surface area contributed by atoms with Crippen LogP contribution in [0.25, 0.3) is 27.5 Å². The zero-order chi connectivity index (χ0) is 31.9. The maximum Gasteiger partial charge on any atom is 0.430 e. The number of imidazole rings is 1. The molecule has 0 bridgehead atoms. The number of carboxylic acids is 2. The number of carbonyl (C=O) groups is 3. The van der Waals surface area contributed by atoms with Crippen molar-refractivity contribution in [2.45, 2.75) is 12.4 Å². The smallest absolute Gasteiger partial charge is 0.430 e. The molecule has 0 radical (unpaired) electrons. The molecule has 3 N–H and O–H groups in total. The van der Waals surface area contributed by atoms with E-state index in [0.717, 1.165) is 33.2 Å². The lowest BCUT2D eigenvalue weighted by Gasteiger charge is -2.04. The SMILES string of the molecule is O=C(Nc1cccc2c[nH+]ccc12)c1[nH]c(-c2ccc(F)cc2)c2cccc[n+]12.O=C([O-])C(F)(F)F.O=C([O-])C(F)(F)F. The van der Waals surface area contributed by atoms with Gasteiger partial charge in [0.25, 0.3) is 0 Å². The maximum atomic E-state index is 13.3. The van der Waals surface area contributed by atoms with Gasteiger partial charge in [-0.1, -0.05) is 12.1 Å². The first-order chi connectivity index (χ1) is 20.1. The van der Waals surface area contributed by atoms with Crippen LogP contribution in [0.2, 0.25) is 0 Å². The Morgan fingerprint density at radius 3 is 2.00 bits per heavy atom. The summed E-state index contributed by atoms with van der Waals surface area (Å²) in [6.45, 7) is 0. The second-order valence-corrected chi connectivity index (χ2v) is 8.29. The molecule has 0 unspecified atom stereocenters. The third kappa shape index (κ3) is 8.25. The van der Waals surface area contributed by atoms with Crippen molar-refractivity contribution >= 4 is 39.8 Å². The summed E-state index contributed by atoms with van der Waals surface area (Å²) in [6.07, 6.45) is -4.86. The van der Waals surface area contributed by atoms with Crippen molar-refractivity contribution in [1.29, 1.82) is 0 Å². The summed E-state index contributed by atoms with van der Waals surface area (Å²) in [5, 5.41) is 22.5. The van der Waals surface area contributed by atoms with Crippen LogP contribution in [0.5, 0.6) is 0 Å². The number of hydrogen-bond donors (Lipinski definition) is 2. The van der Waals surface area contributed by atoms with Crippen LogP contribution in [0.1, 0.15) is 10.6 Å². The molecule has 5 aromatic rings. The van der Waals surface area contributed by atoms with Crippen molar-refractivity contribution < 1.29 is 64.7 Å². The van der Waals surface area contributed by atoms with Crippen molar-refractivity contribution in [3.63, 3.8) is 0 Å². The molecular formula is C27H17F7N4O5. The summed E-state index contributed by atoms with van der Waals surface area (Å²) in [4.78, 5) is 37.0. The van der Waals surface area contributed by atoms with Gasteiger partial charge in [-0.05, 0) is 48.5 Å². The van der Waals surface area contributed by atoms with Crippen LogP contribution in [0.3, 0.4) is 0 Å². The van der Waals surface area contributed by atoms with Crippen LogP contribution in [0.4, 0.5) is 36.4 Å². The number of nitrogens with zero attached hydrogens (tertiary/aromatic N) is 1. The lowest BCUT2D eigenvalue weighted by molar-refractivity contribution is -0.513. The highest BCUT2D eigenvalue weighted by molar-refractivity contribution is 6.07. The van der Waals surface area contributed by atoms with Gasteiger partial charge in [-0.25, -0.2) is 14.4 Å². The van der Waals surface area contributed by atoms with Gasteiger partial charge in [0.15, 0.2) is 23.6 Å². The molecule has 0 saturated carbocycles. The van der Waals surface area contributed by atoms with E-state index in [2.05, 4.69) is 15.3 Å². The standard InChI is InChI=1S/C23H15FN4O.2C2HF3O2/c24-17-9-7-15(8-10-17)21-20-6-1-2-13-28(20)22(27-21)23(29)26-19-5-3-4-16-14-25-12-11-18(16)19;2*3-2(4,5)1(6)7/h1-14H,(H,26,29);2*(H,6,7). The number of benzene rings is 2. The molecule has 3 heterocycles. The van der Waals surface area contributed by atoms with E-state index in [1.807, 2.05) is 61.1 Å². The fraction of sp³-hybridized carbons (Fsp3) is 0.0741. The first-order valence-electron chi connectivity index (χ1n) is 11.6. The van der Waals surface area contributed by atoms with E-state index in [-0.39, 0.29) is 11.7 Å². The van der Waals surface area contributed by atoms with Crippen LogP contribution in [-0.4, -0.2) is 35.2 Å². The lowest BCUT2D eigenvalue weighted by atomic mass is 10.1. The molecule has 1 amide bonds. The van der Waals surface area contributed by atoms with Crippen LogP contribution < -0.4 is 24.9 Å². The number of H-pyrrole nitrogens is 2. The second kappa shape index (κ2) is 13.0. The average molecular weight is 610 g/mol. The summed E-state index contributed by atoms with van der Waals surface area (Å²) in [7, 11) is 0. The molecule has 0 aliphatic carbocycles. The summed E-state index contributed by atoms with van der Waals surface area (Å²) < 4.78 is 78.2. The highest BCUT2D eigenvalue weighted by atomic mass is 19.4. The van der Waals surface area contributed by atoms with Crippen LogP contribution in [0.15, 0.2) is 85.3 Å². The number of hydrogen-bond acceptors (Lipinski definition) is 5. The predicted octanol–water partition coefficient (Wildman–Crippen LogP) is 2.38. The summed E-state index contributed by atoms with van der Waals surface area (Å²) in [5.74, 6) is -6.19. The zero-order valence-electron chi connectivity index (χ0n) is 21.2. The number of carboxylic acid groups (broad SMARTS) is 2. The van der Waals surface area contributed by atoms with E-state index in [1.54, 1.807) is 16.5 Å². The average Bonchev–Trinajstić information content (AvgIpc) is 3.33. The minimum absolute atomic E-state index is 0.264. The Morgan fingerprint density at radius 2 is 1.42 bits per heavy atom. The van der Waals surface area contributed by atoms with Crippen molar-refractivity contribution in [1.82, 2.24) is 4.98 Å². The number of halogens is 7. The van der Waals surface area contributed by atoms with E-state index in [4.69, 9.17) is 19.8 Å². The van der Waals surface area contributed by atoms with E-state index in [0.29, 0.717) is 5.82 Å². The van der Waals surface area contributed by atoms with Gasteiger partial charge in [0.2, 0.25) is 0 Å². The number of anilines is 1. The molecule has 0 aliphatic heterocycles. The number of rotatable bonds is 3. The second-order valence-electron chi connectivity index (χ2n) is 8.29. The molecule has 2 aromatic carbocycles. The topological polar surface area (TPSA) is 143 Å². The fourth-order valence-corrected chi connectivity index (χ4v) is 3.54. The predicted molar refractivity (Wildman–Crippen MR) is 130 cm³/mol. The van der Waals surface area contributed by atoms with E-state index in [1.165, 1.54) is 12.1 Å². The fourth-order valence-electron chi connectivity index (χ4n) is 3.54. The van der Waals surface area contributed by atoms with Crippen molar-refractivity contribution in [2.24, 2.45) is 0 Å². The molecule has 0 spiro atoms. The van der Waals surface area contributed by atoms with E-state index >= 15 is 0 Å². The van der Waals surface area contributed by atoms with Gasteiger partial charge in [0, 0.05) is 28.1 Å². The highest BCUT2D eigenvalue weighted by Crippen LogP contribution is 2.24. The first-order valence-corrected chi connectivity index (χ1v) is 11.6. The molecule has 16 heteroatoms. The molecule has 9 nitrogen and oxygen atoms in total. The number of amides is 1. The first kappa shape index (κ1) is 32.0. The van der Waals surface area contributed by atoms with Gasteiger partial charge in [-0.15, -0.1) is 0 Å². The quantitative estimate of drug-likeness (QED) is 0.238.